The Morgan fingerprint density at radius 1 is 1.62 bits per heavy atom. The maximum absolute atomic E-state index is 9.24. The third-order valence-corrected chi connectivity index (χ3v) is 0.175. The van der Waals surface area contributed by atoms with E-state index in [2.05, 4.69) is 5.73 Å². The second kappa shape index (κ2) is 15.7. The van der Waals surface area contributed by atoms with E-state index in [1.807, 2.05) is 0 Å². The van der Waals surface area contributed by atoms with Crippen molar-refractivity contribution in [1.82, 2.24) is 0 Å². The Morgan fingerprint density at radius 3 is 1.75 bits per heavy atom. The molecule has 0 saturated heterocycles. The van der Waals surface area contributed by atoms with Crippen molar-refractivity contribution in [1.29, 1.82) is 0 Å². The smallest absolute Gasteiger partial charge is 0.480 e. The molecule has 0 aromatic rings. The summed E-state index contributed by atoms with van der Waals surface area (Å²) >= 11 is 0. The quantitative estimate of drug-likeness (QED) is 0.571. The van der Waals surface area contributed by atoms with E-state index in [9.17, 15) is 4.79 Å². The van der Waals surface area contributed by atoms with Crippen LogP contribution in [0.5, 0.6) is 0 Å². The van der Waals surface area contributed by atoms with Crippen molar-refractivity contribution in [3.05, 3.63) is 0 Å². The van der Waals surface area contributed by atoms with Gasteiger partial charge < -0.3 is 10.8 Å². The van der Waals surface area contributed by atoms with E-state index in [0.717, 1.165) is 0 Å². The maximum Gasteiger partial charge on any atom is 3.00 e. The molecule has 0 fully saturated rings. The largest absolute Gasteiger partial charge is 3.00 e. The Bertz CT molecular complexity index is 55.3. The monoisotopic (exact) mass is 228 g/mol. The van der Waals surface area contributed by atoms with Crippen LogP contribution in [0.2, 0.25) is 0 Å². The first-order chi connectivity index (χ1) is 2.27. The predicted molar refractivity (Wildman–Crippen MR) is 29.7 cm³/mol. The zero-order valence-electron chi connectivity index (χ0n) is 4.13. The molecule has 0 saturated carbocycles. The Labute approximate surface area is 83.7 Å². The molecule has 0 aromatic carbocycles. The molecule has 0 aliphatic carbocycles. The van der Waals surface area contributed by atoms with E-state index < -0.39 is 5.97 Å². The van der Waals surface area contributed by atoms with Gasteiger partial charge in [0, 0.05) is 0 Å². The molecule has 0 spiro atoms. The van der Waals surface area contributed by atoms with Crippen molar-refractivity contribution in [2.75, 3.05) is 6.54 Å². The number of nitrogens with two attached hydrogens (primary N) is 1. The van der Waals surface area contributed by atoms with Crippen LogP contribution in [0.4, 0.5) is 0 Å². The van der Waals surface area contributed by atoms with Crippen LogP contribution < -0.4 is 5.73 Å². The first-order valence-corrected chi connectivity index (χ1v) is 1.19. The van der Waals surface area contributed by atoms with Crippen molar-refractivity contribution >= 4 is 35.7 Å². The van der Waals surface area contributed by atoms with Crippen molar-refractivity contribution < 1.29 is 36.1 Å². The zero-order valence-corrected chi connectivity index (χ0v) is 8.55. The summed E-state index contributed by atoms with van der Waals surface area (Å²) in [6.45, 7) is -0.278. The number of rotatable bonds is 1. The van der Waals surface area contributed by atoms with Gasteiger partial charge in [-0.05, 0) is 0 Å². The van der Waals surface area contributed by atoms with E-state index in [1.165, 1.54) is 0 Å². The molecule has 0 atom stereocenters. The van der Waals surface area contributed by atoms with Gasteiger partial charge in [-0.2, -0.15) is 0 Å². The summed E-state index contributed by atoms with van der Waals surface area (Å²) in [4.78, 5) is 9.24. The van der Waals surface area contributed by atoms with E-state index in [1.54, 1.807) is 0 Å². The fourth-order valence-electron chi connectivity index (χ4n) is 0. The Balaban J connectivity index is -0.0000000267. The van der Waals surface area contributed by atoms with Crippen LogP contribution in [-0.2, 0) is 31.0 Å². The molecular weight excluding hydrogens is 224 g/mol. The van der Waals surface area contributed by atoms with Crippen LogP contribution in [-0.4, -0.2) is 35.0 Å². The molecule has 6 heteroatoms. The Morgan fingerprint density at radius 2 is 1.75 bits per heavy atom. The second-order valence-corrected chi connectivity index (χ2v) is 0.598. The van der Waals surface area contributed by atoms with Crippen LogP contribution in [0, 0.1) is 0 Å². The van der Waals surface area contributed by atoms with E-state index in [-0.39, 0.29) is 62.5 Å². The van der Waals surface area contributed by atoms with Crippen molar-refractivity contribution in [3.8, 4) is 0 Å². The average molecular weight is 230 g/mol. The molecule has 0 unspecified atom stereocenters. The molecule has 0 aliphatic rings. The van der Waals surface area contributed by atoms with Crippen molar-refractivity contribution in [2.45, 2.75) is 0 Å². The van der Waals surface area contributed by atoms with Gasteiger partial charge in [0.1, 0.15) is 0 Å². The van der Waals surface area contributed by atoms with Gasteiger partial charge in [-0.15, -0.1) is 12.4 Å². The zero-order chi connectivity index (χ0) is 4.28. The molecule has 40 valence electrons. The number of hydrogen-bond acceptors (Lipinski definition) is 2. The topological polar surface area (TPSA) is 63.3 Å². The molecule has 0 aliphatic heterocycles. The van der Waals surface area contributed by atoms with Crippen LogP contribution in [0.25, 0.3) is 0 Å². The first kappa shape index (κ1) is 22.9. The minimum absolute atomic E-state index is 0. The summed E-state index contributed by atoms with van der Waals surface area (Å²) in [5, 5.41) is 7.60. The minimum Gasteiger partial charge on any atom is -0.480 e. The number of carboxylic acid groups (broad SMARTS) is 1. The molecule has 3 N–H and O–H groups in total. The molecule has 0 heterocycles. The molecule has 0 radical (unpaired) electrons. The van der Waals surface area contributed by atoms with Gasteiger partial charge in [0.25, 0.3) is 0 Å². The van der Waals surface area contributed by atoms with Gasteiger partial charge in [-0.1, -0.05) is 0 Å². The molecular formula is C2H6AlClNO2Zr+5. The SMILES string of the molecule is Cl.NCC(=O)O.[Al+3].[Zr+2]. The number of carbonyl (C=O) groups is 1. The molecule has 0 rings (SSSR count). The standard InChI is InChI=1S/C2H5NO2.Al.ClH.Zr/c3-1-2(4)5;;;/h1,3H2,(H,4,5);;1H;/q;+3;;+2. The molecule has 8 heavy (non-hydrogen) atoms. The Kier molecular flexibility index (Phi) is 45.0. The van der Waals surface area contributed by atoms with Crippen molar-refractivity contribution in [3.63, 3.8) is 0 Å². The van der Waals surface area contributed by atoms with Gasteiger partial charge in [-0.25, -0.2) is 0 Å². The number of hydrogen-bond donors (Lipinski definition) is 2. The maximum atomic E-state index is 9.24. The van der Waals surface area contributed by atoms with E-state index in [0.29, 0.717) is 0 Å². The Hall–Kier alpha value is 1.14. The normalized spacial score (nSPS) is 4.62. The third kappa shape index (κ3) is 27.3. The predicted octanol–water partition coefficient (Wildman–Crippen LogP) is -0.932. The summed E-state index contributed by atoms with van der Waals surface area (Å²) in [6, 6.07) is 0. The first-order valence-electron chi connectivity index (χ1n) is 1.19. The van der Waals surface area contributed by atoms with E-state index >= 15 is 0 Å². The molecule has 0 amide bonds. The molecule has 0 aromatic heterocycles. The van der Waals surface area contributed by atoms with Crippen LogP contribution >= 0.6 is 12.4 Å². The fourth-order valence-corrected chi connectivity index (χ4v) is 0. The number of carboxylic acids is 1. The summed E-state index contributed by atoms with van der Waals surface area (Å²) < 4.78 is 0. The second-order valence-electron chi connectivity index (χ2n) is 0.598. The summed E-state index contributed by atoms with van der Waals surface area (Å²) in [7, 11) is 0. The van der Waals surface area contributed by atoms with E-state index in [4.69, 9.17) is 5.11 Å². The fraction of sp³-hybridized carbons (Fsp3) is 0.500. The molecule has 0 bridgehead atoms. The van der Waals surface area contributed by atoms with Gasteiger partial charge in [0.15, 0.2) is 0 Å². The third-order valence-electron chi connectivity index (χ3n) is 0.175. The van der Waals surface area contributed by atoms with Crippen LogP contribution in [0.1, 0.15) is 0 Å². The average Bonchev–Trinajstić information content (AvgIpc) is 1.38. The minimum atomic E-state index is -0.968. The van der Waals surface area contributed by atoms with Crippen LogP contribution in [0.15, 0.2) is 0 Å². The van der Waals surface area contributed by atoms with Crippen molar-refractivity contribution in [2.24, 2.45) is 5.73 Å². The summed E-state index contributed by atoms with van der Waals surface area (Å²) in [5.41, 5.74) is 4.57. The number of halogens is 1. The molecule has 3 nitrogen and oxygen atoms in total. The van der Waals surface area contributed by atoms with Gasteiger partial charge >= 0.3 is 49.5 Å². The van der Waals surface area contributed by atoms with Gasteiger partial charge in [0.2, 0.25) is 0 Å². The van der Waals surface area contributed by atoms with Gasteiger partial charge in [0.05, 0.1) is 6.54 Å². The van der Waals surface area contributed by atoms with Crippen LogP contribution in [0.3, 0.4) is 0 Å². The van der Waals surface area contributed by atoms with Gasteiger partial charge in [-0.3, -0.25) is 4.79 Å². The summed E-state index contributed by atoms with van der Waals surface area (Å²) in [6.07, 6.45) is 0. The number of aliphatic carboxylic acids is 1. The summed E-state index contributed by atoms with van der Waals surface area (Å²) in [5.74, 6) is -0.968.